The van der Waals surface area contributed by atoms with Gasteiger partial charge in [-0.2, -0.15) is 0 Å². The number of hydrogen-bond donors (Lipinski definition) is 1. The van der Waals surface area contributed by atoms with Crippen molar-refractivity contribution in [2.45, 2.75) is 18.9 Å². The third kappa shape index (κ3) is 3.36. The predicted molar refractivity (Wildman–Crippen MR) is 74.8 cm³/mol. The molecule has 0 saturated carbocycles. The van der Waals surface area contributed by atoms with E-state index in [0.29, 0.717) is 6.04 Å². The zero-order valence-corrected chi connectivity index (χ0v) is 12.0. The summed E-state index contributed by atoms with van der Waals surface area (Å²) in [7, 11) is 3.87. The van der Waals surface area contributed by atoms with Crippen LogP contribution < -0.4 is 10.1 Å². The van der Waals surface area contributed by atoms with Gasteiger partial charge < -0.3 is 15.0 Å². The van der Waals surface area contributed by atoms with Crippen LogP contribution in [0.2, 0.25) is 0 Å². The van der Waals surface area contributed by atoms with Crippen molar-refractivity contribution >= 4 is 21.6 Å². The van der Waals surface area contributed by atoms with Crippen molar-refractivity contribution in [3.05, 3.63) is 22.7 Å². The second kappa shape index (κ2) is 5.74. The van der Waals surface area contributed by atoms with Crippen LogP contribution in [0.3, 0.4) is 0 Å². The molecule has 1 aromatic carbocycles. The summed E-state index contributed by atoms with van der Waals surface area (Å²) < 4.78 is 6.29. The molecule has 1 aliphatic rings. The Labute approximate surface area is 111 Å². The average molecular weight is 299 g/mol. The van der Waals surface area contributed by atoms with Crippen LogP contribution in [0.1, 0.15) is 12.8 Å². The van der Waals surface area contributed by atoms with Gasteiger partial charge in [-0.3, -0.25) is 0 Å². The molecule has 0 amide bonds. The SMILES string of the molecule is COc1cc(NC2CCN(C)CC2)ccc1Br. The molecule has 3 nitrogen and oxygen atoms in total. The van der Waals surface area contributed by atoms with Crippen LogP contribution in [-0.4, -0.2) is 38.2 Å². The molecule has 0 bridgehead atoms. The average Bonchev–Trinajstić information content (AvgIpc) is 2.34. The largest absolute Gasteiger partial charge is 0.495 e. The Morgan fingerprint density at radius 1 is 1.35 bits per heavy atom. The first-order chi connectivity index (χ1) is 8.19. The maximum Gasteiger partial charge on any atom is 0.135 e. The van der Waals surface area contributed by atoms with Crippen molar-refractivity contribution in [1.82, 2.24) is 4.90 Å². The maximum absolute atomic E-state index is 5.30. The molecule has 0 radical (unpaired) electrons. The highest BCUT2D eigenvalue weighted by molar-refractivity contribution is 9.10. The summed E-state index contributed by atoms with van der Waals surface area (Å²) in [4.78, 5) is 2.38. The van der Waals surface area contributed by atoms with Gasteiger partial charge in [-0.05, 0) is 61.0 Å². The molecule has 1 N–H and O–H groups in total. The first-order valence-corrected chi connectivity index (χ1v) is 6.77. The molecule has 4 heteroatoms. The number of halogens is 1. The third-order valence-corrected chi connectivity index (χ3v) is 3.90. The van der Waals surface area contributed by atoms with Gasteiger partial charge in [0.1, 0.15) is 5.75 Å². The van der Waals surface area contributed by atoms with E-state index in [4.69, 9.17) is 4.74 Å². The van der Waals surface area contributed by atoms with E-state index < -0.39 is 0 Å². The van der Waals surface area contributed by atoms with E-state index in [0.717, 1.165) is 15.9 Å². The summed E-state index contributed by atoms with van der Waals surface area (Å²) in [5, 5.41) is 3.58. The normalized spacial score (nSPS) is 18.1. The summed E-state index contributed by atoms with van der Waals surface area (Å²) in [5.74, 6) is 0.878. The summed E-state index contributed by atoms with van der Waals surface area (Å²) in [6, 6.07) is 6.74. The second-order valence-corrected chi connectivity index (χ2v) is 5.43. The molecule has 0 unspecified atom stereocenters. The number of hydrogen-bond acceptors (Lipinski definition) is 3. The van der Waals surface area contributed by atoms with Crippen molar-refractivity contribution in [3.8, 4) is 5.75 Å². The first kappa shape index (κ1) is 12.7. The minimum atomic E-state index is 0.581. The molecule has 0 aromatic heterocycles. The van der Waals surface area contributed by atoms with Gasteiger partial charge >= 0.3 is 0 Å². The Bertz CT molecular complexity index is 376. The molecule has 1 aliphatic heterocycles. The van der Waals surface area contributed by atoms with E-state index >= 15 is 0 Å². The van der Waals surface area contributed by atoms with E-state index in [1.54, 1.807) is 7.11 Å². The van der Waals surface area contributed by atoms with Crippen LogP contribution in [0.25, 0.3) is 0 Å². The van der Waals surface area contributed by atoms with Gasteiger partial charge in [-0.25, -0.2) is 0 Å². The Balaban J connectivity index is 1.99. The highest BCUT2D eigenvalue weighted by atomic mass is 79.9. The number of rotatable bonds is 3. The van der Waals surface area contributed by atoms with E-state index in [1.807, 2.05) is 12.1 Å². The molecular formula is C13H19BrN2O. The number of anilines is 1. The molecule has 0 spiro atoms. The zero-order chi connectivity index (χ0) is 12.3. The Hall–Kier alpha value is -0.740. The number of methoxy groups -OCH3 is 1. The fraction of sp³-hybridized carbons (Fsp3) is 0.538. The minimum Gasteiger partial charge on any atom is -0.495 e. The maximum atomic E-state index is 5.30. The van der Waals surface area contributed by atoms with Crippen molar-refractivity contribution in [3.63, 3.8) is 0 Å². The Morgan fingerprint density at radius 3 is 2.71 bits per heavy atom. The smallest absolute Gasteiger partial charge is 0.135 e. The molecule has 0 aliphatic carbocycles. The molecule has 0 atom stereocenters. The number of nitrogens with one attached hydrogen (secondary N) is 1. The second-order valence-electron chi connectivity index (χ2n) is 4.57. The molecule has 1 saturated heterocycles. The molecule has 1 fully saturated rings. The van der Waals surface area contributed by atoms with Crippen molar-refractivity contribution in [2.24, 2.45) is 0 Å². The molecule has 17 heavy (non-hydrogen) atoms. The van der Waals surface area contributed by atoms with Gasteiger partial charge in [-0.15, -0.1) is 0 Å². The lowest BCUT2D eigenvalue weighted by atomic mass is 10.1. The molecule has 94 valence electrons. The quantitative estimate of drug-likeness (QED) is 0.928. The standard InChI is InChI=1S/C13H19BrN2O/c1-16-7-5-10(6-8-16)15-11-3-4-12(14)13(9-11)17-2/h3-4,9-10,15H,5-8H2,1-2H3. The van der Waals surface area contributed by atoms with Gasteiger partial charge in [-0.1, -0.05) is 0 Å². The molecular weight excluding hydrogens is 280 g/mol. The number of piperidine rings is 1. The van der Waals surface area contributed by atoms with Crippen LogP contribution in [-0.2, 0) is 0 Å². The zero-order valence-electron chi connectivity index (χ0n) is 10.4. The summed E-state index contributed by atoms with van der Waals surface area (Å²) in [5.41, 5.74) is 1.14. The van der Waals surface area contributed by atoms with Gasteiger partial charge in [0.2, 0.25) is 0 Å². The third-order valence-electron chi connectivity index (χ3n) is 3.24. The number of likely N-dealkylation sites (tertiary alicyclic amines) is 1. The molecule has 2 rings (SSSR count). The van der Waals surface area contributed by atoms with Gasteiger partial charge in [0, 0.05) is 17.8 Å². The fourth-order valence-electron chi connectivity index (χ4n) is 2.14. The number of nitrogens with zero attached hydrogens (tertiary/aromatic N) is 1. The first-order valence-electron chi connectivity index (χ1n) is 5.97. The van der Waals surface area contributed by atoms with Crippen LogP contribution in [0, 0.1) is 0 Å². The van der Waals surface area contributed by atoms with E-state index in [9.17, 15) is 0 Å². The van der Waals surface area contributed by atoms with Crippen molar-refractivity contribution in [1.29, 1.82) is 0 Å². The lowest BCUT2D eigenvalue weighted by Crippen LogP contribution is -2.36. The van der Waals surface area contributed by atoms with Gasteiger partial charge in [0.05, 0.1) is 11.6 Å². The van der Waals surface area contributed by atoms with E-state index in [2.05, 4.69) is 39.3 Å². The van der Waals surface area contributed by atoms with E-state index in [-0.39, 0.29) is 0 Å². The van der Waals surface area contributed by atoms with Gasteiger partial charge in [0.25, 0.3) is 0 Å². The molecule has 1 aromatic rings. The van der Waals surface area contributed by atoms with Crippen LogP contribution in [0.4, 0.5) is 5.69 Å². The van der Waals surface area contributed by atoms with Crippen molar-refractivity contribution < 1.29 is 4.74 Å². The summed E-state index contributed by atoms with van der Waals surface area (Å²) in [6.45, 7) is 2.34. The van der Waals surface area contributed by atoms with Crippen molar-refractivity contribution in [2.75, 3.05) is 32.6 Å². The summed E-state index contributed by atoms with van der Waals surface area (Å²) >= 11 is 3.46. The molecule has 1 heterocycles. The fourth-order valence-corrected chi connectivity index (χ4v) is 2.55. The highest BCUT2D eigenvalue weighted by Gasteiger charge is 2.16. The lowest BCUT2D eigenvalue weighted by Gasteiger charge is -2.30. The van der Waals surface area contributed by atoms with Crippen LogP contribution in [0.5, 0.6) is 5.75 Å². The Morgan fingerprint density at radius 2 is 2.06 bits per heavy atom. The number of ether oxygens (including phenoxy) is 1. The lowest BCUT2D eigenvalue weighted by molar-refractivity contribution is 0.264. The topological polar surface area (TPSA) is 24.5 Å². The number of benzene rings is 1. The summed E-state index contributed by atoms with van der Waals surface area (Å²) in [6.07, 6.45) is 2.41. The van der Waals surface area contributed by atoms with E-state index in [1.165, 1.54) is 25.9 Å². The predicted octanol–water partition coefficient (Wildman–Crippen LogP) is 2.96. The monoisotopic (exact) mass is 298 g/mol. The van der Waals surface area contributed by atoms with Crippen LogP contribution >= 0.6 is 15.9 Å². The Kier molecular flexibility index (Phi) is 4.29. The van der Waals surface area contributed by atoms with Gasteiger partial charge in [0.15, 0.2) is 0 Å². The highest BCUT2D eigenvalue weighted by Crippen LogP contribution is 2.28. The van der Waals surface area contributed by atoms with Crippen LogP contribution in [0.15, 0.2) is 22.7 Å². The minimum absolute atomic E-state index is 0.581.